The van der Waals surface area contributed by atoms with Crippen molar-refractivity contribution in [2.75, 3.05) is 0 Å². The number of aromatic nitrogens is 2. The maximum atomic E-state index is 12.0. The van der Waals surface area contributed by atoms with Gasteiger partial charge in [0.2, 0.25) is 5.91 Å². The van der Waals surface area contributed by atoms with Crippen LogP contribution in [0.5, 0.6) is 11.5 Å². The SMILES string of the molecule is O=C(CCc1nc2ccccc2[nH]c1=O)N/N=C/c1ccc(O)cc1O. The summed E-state index contributed by atoms with van der Waals surface area (Å²) in [6.45, 7) is 0. The minimum atomic E-state index is -0.395. The number of nitrogens with one attached hydrogen (secondary N) is 2. The Labute approximate surface area is 147 Å². The Morgan fingerprint density at radius 2 is 2.04 bits per heavy atom. The van der Waals surface area contributed by atoms with Crippen LogP contribution in [0.3, 0.4) is 0 Å². The Kier molecular flexibility index (Phi) is 4.93. The lowest BCUT2D eigenvalue weighted by atomic mass is 10.2. The van der Waals surface area contributed by atoms with Crippen molar-refractivity contribution in [1.29, 1.82) is 0 Å². The predicted octanol–water partition coefficient (Wildman–Crippen LogP) is 1.42. The molecule has 0 aliphatic rings. The minimum Gasteiger partial charge on any atom is -0.508 e. The fraction of sp³-hybridized carbons (Fsp3) is 0.111. The molecule has 0 aliphatic carbocycles. The number of para-hydroxylation sites is 2. The molecule has 4 N–H and O–H groups in total. The van der Waals surface area contributed by atoms with Crippen molar-refractivity contribution in [2.24, 2.45) is 5.10 Å². The van der Waals surface area contributed by atoms with E-state index in [1.807, 2.05) is 6.07 Å². The molecule has 1 aromatic heterocycles. The number of hydrogen-bond acceptors (Lipinski definition) is 6. The number of amides is 1. The number of carbonyl (C=O) groups is 1. The molecule has 8 nitrogen and oxygen atoms in total. The third-order valence-corrected chi connectivity index (χ3v) is 3.67. The summed E-state index contributed by atoms with van der Waals surface area (Å²) < 4.78 is 0. The van der Waals surface area contributed by atoms with Crippen LogP contribution in [0.15, 0.2) is 52.4 Å². The second-order valence-electron chi connectivity index (χ2n) is 5.57. The van der Waals surface area contributed by atoms with Gasteiger partial charge in [-0.2, -0.15) is 5.10 Å². The van der Waals surface area contributed by atoms with Gasteiger partial charge in [-0.05, 0) is 24.3 Å². The van der Waals surface area contributed by atoms with Gasteiger partial charge in [0.15, 0.2) is 0 Å². The van der Waals surface area contributed by atoms with E-state index in [4.69, 9.17) is 0 Å². The fourth-order valence-corrected chi connectivity index (χ4v) is 2.34. The standard InChI is InChI=1S/C18H16N4O4/c23-12-6-5-11(16(24)9-12)10-19-22-17(25)8-7-15-18(26)21-14-4-2-1-3-13(14)20-15/h1-6,9-10,23-24H,7-8H2,(H,21,26)(H,22,25)/b19-10+. The molecule has 0 aliphatic heterocycles. The van der Waals surface area contributed by atoms with Crippen molar-refractivity contribution in [3.63, 3.8) is 0 Å². The number of H-pyrrole nitrogens is 1. The number of phenols is 2. The van der Waals surface area contributed by atoms with Crippen LogP contribution in [0.4, 0.5) is 0 Å². The predicted molar refractivity (Wildman–Crippen MR) is 96.2 cm³/mol. The van der Waals surface area contributed by atoms with Crippen molar-refractivity contribution in [3.05, 3.63) is 64.1 Å². The van der Waals surface area contributed by atoms with Gasteiger partial charge in [0, 0.05) is 24.5 Å². The quantitative estimate of drug-likeness (QED) is 0.408. The summed E-state index contributed by atoms with van der Waals surface area (Å²) in [5, 5.41) is 22.6. The number of fused-ring (bicyclic) bond motifs is 1. The van der Waals surface area contributed by atoms with Gasteiger partial charge in [-0.15, -0.1) is 0 Å². The Balaban J connectivity index is 1.60. The highest BCUT2D eigenvalue weighted by atomic mass is 16.3. The molecular weight excluding hydrogens is 336 g/mol. The molecule has 0 radical (unpaired) electrons. The number of aryl methyl sites for hydroxylation is 1. The molecule has 0 unspecified atom stereocenters. The lowest BCUT2D eigenvalue weighted by Gasteiger charge is -2.03. The molecule has 1 amide bonds. The molecule has 0 spiro atoms. The highest BCUT2D eigenvalue weighted by Gasteiger charge is 2.08. The van der Waals surface area contributed by atoms with E-state index in [2.05, 4.69) is 20.5 Å². The van der Waals surface area contributed by atoms with Crippen LogP contribution in [0, 0.1) is 0 Å². The van der Waals surface area contributed by atoms with E-state index in [0.717, 1.165) is 0 Å². The van der Waals surface area contributed by atoms with Crippen LogP contribution in [0.1, 0.15) is 17.7 Å². The van der Waals surface area contributed by atoms with Crippen molar-refractivity contribution < 1.29 is 15.0 Å². The summed E-state index contributed by atoms with van der Waals surface area (Å²) in [4.78, 5) is 30.8. The van der Waals surface area contributed by atoms with Crippen LogP contribution >= 0.6 is 0 Å². The number of hydrazone groups is 1. The van der Waals surface area contributed by atoms with E-state index in [1.54, 1.807) is 18.2 Å². The first-order chi connectivity index (χ1) is 12.5. The normalized spacial score (nSPS) is 11.1. The van der Waals surface area contributed by atoms with E-state index < -0.39 is 5.91 Å². The van der Waals surface area contributed by atoms with E-state index in [1.165, 1.54) is 24.4 Å². The van der Waals surface area contributed by atoms with Gasteiger partial charge in [-0.25, -0.2) is 10.4 Å². The molecule has 3 aromatic rings. The number of benzene rings is 2. The molecular formula is C18H16N4O4. The Morgan fingerprint density at radius 3 is 2.85 bits per heavy atom. The maximum Gasteiger partial charge on any atom is 0.270 e. The summed E-state index contributed by atoms with van der Waals surface area (Å²) in [7, 11) is 0. The molecule has 3 rings (SSSR count). The number of carbonyl (C=O) groups excluding carboxylic acids is 1. The minimum absolute atomic E-state index is 0.0350. The first-order valence-corrected chi connectivity index (χ1v) is 7.85. The van der Waals surface area contributed by atoms with Crippen LogP contribution < -0.4 is 11.0 Å². The van der Waals surface area contributed by atoms with Crippen molar-refractivity contribution in [2.45, 2.75) is 12.8 Å². The highest BCUT2D eigenvalue weighted by Crippen LogP contribution is 2.20. The first kappa shape index (κ1) is 17.2. The second-order valence-corrected chi connectivity index (χ2v) is 5.57. The van der Waals surface area contributed by atoms with E-state index in [9.17, 15) is 19.8 Å². The largest absolute Gasteiger partial charge is 0.508 e. The maximum absolute atomic E-state index is 12.0. The van der Waals surface area contributed by atoms with Crippen LogP contribution in [-0.4, -0.2) is 32.3 Å². The fourth-order valence-electron chi connectivity index (χ4n) is 2.34. The molecule has 8 heteroatoms. The average molecular weight is 352 g/mol. The molecule has 1 heterocycles. The third kappa shape index (κ3) is 4.04. The zero-order valence-corrected chi connectivity index (χ0v) is 13.6. The lowest BCUT2D eigenvalue weighted by Crippen LogP contribution is -2.21. The van der Waals surface area contributed by atoms with Gasteiger partial charge in [0.25, 0.3) is 5.56 Å². The molecule has 0 fully saturated rings. The summed E-state index contributed by atoms with van der Waals surface area (Å²) in [5.74, 6) is -0.624. The van der Waals surface area contributed by atoms with Gasteiger partial charge in [0.1, 0.15) is 17.2 Å². The highest BCUT2D eigenvalue weighted by molar-refractivity contribution is 5.85. The Morgan fingerprint density at radius 1 is 1.23 bits per heavy atom. The molecule has 2 aromatic carbocycles. The molecule has 26 heavy (non-hydrogen) atoms. The number of aromatic amines is 1. The summed E-state index contributed by atoms with van der Waals surface area (Å²) in [6.07, 6.45) is 1.47. The summed E-state index contributed by atoms with van der Waals surface area (Å²) in [5.41, 5.74) is 3.91. The van der Waals surface area contributed by atoms with E-state index in [0.29, 0.717) is 16.6 Å². The Bertz CT molecular complexity index is 1040. The number of rotatable bonds is 5. The van der Waals surface area contributed by atoms with Crippen molar-refractivity contribution in [1.82, 2.24) is 15.4 Å². The number of hydrogen-bond donors (Lipinski definition) is 4. The summed E-state index contributed by atoms with van der Waals surface area (Å²) >= 11 is 0. The van der Waals surface area contributed by atoms with Gasteiger partial charge in [-0.1, -0.05) is 12.1 Å². The topological polar surface area (TPSA) is 128 Å². The van der Waals surface area contributed by atoms with Crippen molar-refractivity contribution >= 4 is 23.2 Å². The van der Waals surface area contributed by atoms with Gasteiger partial charge < -0.3 is 15.2 Å². The van der Waals surface area contributed by atoms with Crippen LogP contribution in [-0.2, 0) is 11.2 Å². The number of aromatic hydroxyl groups is 2. The number of nitrogens with zero attached hydrogens (tertiary/aromatic N) is 2. The van der Waals surface area contributed by atoms with Crippen LogP contribution in [0.2, 0.25) is 0 Å². The monoisotopic (exact) mass is 352 g/mol. The third-order valence-electron chi connectivity index (χ3n) is 3.67. The van der Waals surface area contributed by atoms with Gasteiger partial charge >= 0.3 is 0 Å². The molecule has 0 bridgehead atoms. The van der Waals surface area contributed by atoms with Crippen LogP contribution in [0.25, 0.3) is 11.0 Å². The molecule has 0 saturated heterocycles. The first-order valence-electron chi connectivity index (χ1n) is 7.85. The zero-order chi connectivity index (χ0) is 18.5. The Hall–Kier alpha value is -3.68. The number of phenolic OH excluding ortho intramolecular Hbond substituents is 2. The zero-order valence-electron chi connectivity index (χ0n) is 13.6. The smallest absolute Gasteiger partial charge is 0.270 e. The summed E-state index contributed by atoms with van der Waals surface area (Å²) in [6, 6.07) is 11.2. The molecule has 0 atom stereocenters. The second kappa shape index (κ2) is 7.47. The average Bonchev–Trinajstić information content (AvgIpc) is 2.61. The molecule has 0 saturated carbocycles. The van der Waals surface area contributed by atoms with Gasteiger partial charge in [0.05, 0.1) is 17.2 Å². The van der Waals surface area contributed by atoms with E-state index >= 15 is 0 Å². The van der Waals surface area contributed by atoms with E-state index in [-0.39, 0.29) is 35.6 Å². The lowest BCUT2D eigenvalue weighted by molar-refractivity contribution is -0.121. The van der Waals surface area contributed by atoms with Gasteiger partial charge in [-0.3, -0.25) is 9.59 Å². The van der Waals surface area contributed by atoms with Crippen molar-refractivity contribution in [3.8, 4) is 11.5 Å². The molecule has 132 valence electrons.